The van der Waals surface area contributed by atoms with Crippen LogP contribution in [0.15, 0.2) is 15.7 Å². The Morgan fingerprint density at radius 1 is 1.37 bits per heavy atom. The van der Waals surface area contributed by atoms with Crippen LogP contribution in [0.4, 0.5) is 0 Å². The Labute approximate surface area is 107 Å². The van der Waals surface area contributed by atoms with Crippen LogP contribution in [0, 0.1) is 0 Å². The fourth-order valence-electron chi connectivity index (χ4n) is 1.58. The van der Waals surface area contributed by atoms with Gasteiger partial charge in [0.1, 0.15) is 6.04 Å². The fraction of sp³-hybridized carbons (Fsp3) is 0.455. The Kier molecular flexibility index (Phi) is 5.04. The largest absolute Gasteiger partial charge is 0.480 e. The summed E-state index contributed by atoms with van der Waals surface area (Å²) in [6, 6.07) is 0.113. The monoisotopic (exact) mass is 269 g/mol. The van der Waals surface area contributed by atoms with E-state index in [1.54, 1.807) is 6.92 Å². The van der Waals surface area contributed by atoms with Crippen molar-refractivity contribution in [3.63, 3.8) is 0 Å². The first kappa shape index (κ1) is 14.7. The van der Waals surface area contributed by atoms with E-state index in [1.165, 1.54) is 0 Å². The van der Waals surface area contributed by atoms with Gasteiger partial charge in [0.05, 0.1) is 6.42 Å². The van der Waals surface area contributed by atoms with Gasteiger partial charge >= 0.3 is 11.7 Å². The molecule has 1 heterocycles. The van der Waals surface area contributed by atoms with Gasteiger partial charge in [-0.15, -0.1) is 0 Å². The smallest absolute Gasteiger partial charge is 0.326 e. The van der Waals surface area contributed by atoms with Crippen molar-refractivity contribution >= 4 is 11.9 Å². The number of hydrogen-bond donors (Lipinski definition) is 4. The number of amides is 1. The van der Waals surface area contributed by atoms with Crippen LogP contribution < -0.4 is 16.6 Å². The fourth-order valence-corrected chi connectivity index (χ4v) is 1.58. The van der Waals surface area contributed by atoms with E-state index < -0.39 is 29.2 Å². The molecule has 1 atom stereocenters. The predicted molar refractivity (Wildman–Crippen MR) is 65.9 cm³/mol. The van der Waals surface area contributed by atoms with Crippen molar-refractivity contribution in [2.24, 2.45) is 0 Å². The van der Waals surface area contributed by atoms with Gasteiger partial charge in [-0.05, 0) is 6.42 Å². The Bertz CT molecular complexity index is 546. The normalized spacial score (nSPS) is 11.8. The van der Waals surface area contributed by atoms with Crippen LogP contribution in [0.2, 0.25) is 0 Å². The number of aromatic amines is 2. The topological polar surface area (TPSA) is 132 Å². The highest BCUT2D eigenvalue weighted by molar-refractivity contribution is 5.84. The van der Waals surface area contributed by atoms with Crippen LogP contribution in [-0.2, 0) is 16.0 Å². The Morgan fingerprint density at radius 2 is 2.05 bits per heavy atom. The number of nitrogens with one attached hydrogen (secondary N) is 3. The van der Waals surface area contributed by atoms with Crippen molar-refractivity contribution in [1.82, 2.24) is 15.3 Å². The van der Waals surface area contributed by atoms with Crippen molar-refractivity contribution in [3.8, 4) is 0 Å². The van der Waals surface area contributed by atoms with Gasteiger partial charge in [-0.1, -0.05) is 13.3 Å². The van der Waals surface area contributed by atoms with Gasteiger partial charge in [-0.2, -0.15) is 0 Å². The van der Waals surface area contributed by atoms with Crippen molar-refractivity contribution in [3.05, 3.63) is 32.6 Å². The first-order valence-corrected chi connectivity index (χ1v) is 5.77. The van der Waals surface area contributed by atoms with Crippen LogP contribution in [0.25, 0.3) is 0 Å². The molecule has 8 nitrogen and oxygen atoms in total. The molecule has 8 heteroatoms. The van der Waals surface area contributed by atoms with Gasteiger partial charge in [-0.3, -0.25) is 14.6 Å². The molecule has 0 aliphatic rings. The summed E-state index contributed by atoms with van der Waals surface area (Å²) in [7, 11) is 0. The summed E-state index contributed by atoms with van der Waals surface area (Å²) in [6.45, 7) is 1.80. The Hall–Kier alpha value is -2.38. The van der Waals surface area contributed by atoms with Gasteiger partial charge in [0, 0.05) is 11.8 Å². The number of rotatable bonds is 6. The molecular formula is C11H15N3O5. The predicted octanol–water partition coefficient (Wildman–Crippen LogP) is -1.02. The molecule has 0 fully saturated rings. The van der Waals surface area contributed by atoms with Gasteiger partial charge < -0.3 is 15.4 Å². The minimum Gasteiger partial charge on any atom is -0.480 e. The van der Waals surface area contributed by atoms with E-state index >= 15 is 0 Å². The summed E-state index contributed by atoms with van der Waals surface area (Å²) in [5.41, 5.74) is -1.19. The number of aromatic nitrogens is 2. The van der Waals surface area contributed by atoms with E-state index in [1.807, 2.05) is 4.98 Å². The molecule has 0 aliphatic carbocycles. The molecule has 0 unspecified atom stereocenters. The molecule has 19 heavy (non-hydrogen) atoms. The second-order valence-corrected chi connectivity index (χ2v) is 4.04. The number of hydrogen-bond acceptors (Lipinski definition) is 4. The third-order valence-corrected chi connectivity index (χ3v) is 2.38. The van der Waals surface area contributed by atoms with Gasteiger partial charge in [0.15, 0.2) is 0 Å². The van der Waals surface area contributed by atoms with E-state index in [0.717, 1.165) is 6.07 Å². The van der Waals surface area contributed by atoms with E-state index in [-0.39, 0.29) is 12.1 Å². The molecule has 1 aromatic heterocycles. The highest BCUT2D eigenvalue weighted by Gasteiger charge is 2.18. The van der Waals surface area contributed by atoms with Crippen molar-refractivity contribution in [2.75, 3.05) is 0 Å². The minimum atomic E-state index is -1.12. The van der Waals surface area contributed by atoms with E-state index in [9.17, 15) is 19.2 Å². The number of H-pyrrole nitrogens is 2. The summed E-state index contributed by atoms with van der Waals surface area (Å²) in [5, 5.41) is 11.2. The van der Waals surface area contributed by atoms with Gasteiger partial charge in [-0.25, -0.2) is 9.59 Å². The highest BCUT2D eigenvalue weighted by Crippen LogP contribution is 1.98. The quantitative estimate of drug-likeness (QED) is 0.524. The molecule has 0 aliphatic heterocycles. The SMILES string of the molecule is CCC[C@H](NC(=O)Cc1cc(=O)[nH]c(=O)[nH]1)C(=O)O. The number of carboxylic acid groups (broad SMARTS) is 1. The molecule has 1 rings (SSSR count). The molecule has 104 valence electrons. The van der Waals surface area contributed by atoms with Crippen LogP contribution in [-0.4, -0.2) is 33.0 Å². The summed E-state index contributed by atoms with van der Waals surface area (Å²) < 4.78 is 0. The second-order valence-electron chi connectivity index (χ2n) is 4.04. The Balaban J connectivity index is 2.71. The zero-order valence-corrected chi connectivity index (χ0v) is 10.4. The molecule has 1 amide bonds. The maximum Gasteiger partial charge on any atom is 0.326 e. The molecule has 0 saturated heterocycles. The van der Waals surface area contributed by atoms with Crippen LogP contribution in [0.1, 0.15) is 25.5 Å². The third kappa shape index (κ3) is 4.78. The first-order chi connectivity index (χ1) is 8.92. The highest BCUT2D eigenvalue weighted by atomic mass is 16.4. The average Bonchev–Trinajstić information content (AvgIpc) is 2.26. The number of aliphatic carboxylic acids is 1. The summed E-state index contributed by atoms with van der Waals surface area (Å²) in [5.74, 6) is -1.68. The summed E-state index contributed by atoms with van der Waals surface area (Å²) in [4.78, 5) is 48.8. The Morgan fingerprint density at radius 3 is 2.58 bits per heavy atom. The number of carbonyl (C=O) groups excluding carboxylic acids is 1. The lowest BCUT2D eigenvalue weighted by molar-refractivity contribution is -0.141. The maximum absolute atomic E-state index is 11.6. The van der Waals surface area contributed by atoms with E-state index in [2.05, 4.69) is 10.3 Å². The molecule has 1 aromatic rings. The van der Waals surface area contributed by atoms with E-state index in [0.29, 0.717) is 12.8 Å². The molecule has 0 radical (unpaired) electrons. The maximum atomic E-state index is 11.6. The average molecular weight is 269 g/mol. The zero-order chi connectivity index (χ0) is 14.4. The zero-order valence-electron chi connectivity index (χ0n) is 10.4. The molecule has 0 saturated carbocycles. The van der Waals surface area contributed by atoms with E-state index in [4.69, 9.17) is 5.11 Å². The van der Waals surface area contributed by atoms with Crippen molar-refractivity contribution in [2.45, 2.75) is 32.2 Å². The molecule has 0 bridgehead atoms. The molecule has 0 spiro atoms. The van der Waals surface area contributed by atoms with Crippen molar-refractivity contribution < 1.29 is 14.7 Å². The minimum absolute atomic E-state index is 0.131. The number of carboxylic acids is 1. The van der Waals surface area contributed by atoms with Crippen LogP contribution in [0.5, 0.6) is 0 Å². The molecule has 4 N–H and O–H groups in total. The summed E-state index contributed by atoms with van der Waals surface area (Å²) >= 11 is 0. The van der Waals surface area contributed by atoms with Gasteiger partial charge in [0.25, 0.3) is 5.56 Å². The lowest BCUT2D eigenvalue weighted by Crippen LogP contribution is -2.41. The van der Waals surface area contributed by atoms with Crippen LogP contribution in [0.3, 0.4) is 0 Å². The first-order valence-electron chi connectivity index (χ1n) is 5.77. The molecule has 0 aromatic carbocycles. The molecular weight excluding hydrogens is 254 g/mol. The summed E-state index contributed by atoms with van der Waals surface area (Å²) in [6.07, 6.45) is 0.665. The third-order valence-electron chi connectivity index (χ3n) is 2.38. The standard InChI is InChI=1S/C11H15N3O5/c1-2-3-7(10(17)18)13-8(15)4-6-5-9(16)14-11(19)12-6/h5,7H,2-4H2,1H3,(H,13,15)(H,17,18)(H2,12,14,16,19)/t7-/m0/s1. The van der Waals surface area contributed by atoms with Crippen molar-refractivity contribution in [1.29, 1.82) is 0 Å². The lowest BCUT2D eigenvalue weighted by Gasteiger charge is -2.13. The lowest BCUT2D eigenvalue weighted by atomic mass is 10.1. The second kappa shape index (κ2) is 6.53. The van der Waals surface area contributed by atoms with Crippen LogP contribution >= 0.6 is 0 Å². The van der Waals surface area contributed by atoms with Gasteiger partial charge in [0.2, 0.25) is 5.91 Å². The number of carbonyl (C=O) groups is 2.